The van der Waals surface area contributed by atoms with Gasteiger partial charge in [0, 0.05) is 10.6 Å². The second-order valence-corrected chi connectivity index (χ2v) is 5.74. The zero-order chi connectivity index (χ0) is 15.9. The molecule has 2 aliphatic rings. The van der Waals surface area contributed by atoms with Gasteiger partial charge in [0.05, 0.1) is 33.4 Å². The van der Waals surface area contributed by atoms with Crippen molar-refractivity contribution in [1.82, 2.24) is 10.0 Å². The summed E-state index contributed by atoms with van der Waals surface area (Å²) in [4.78, 5) is 25.4. The molecule has 1 aromatic rings. The lowest BCUT2D eigenvalue weighted by molar-refractivity contribution is -0.145. The number of hydrogen-bond donors (Lipinski definition) is 0. The maximum atomic E-state index is 12.7. The highest BCUT2D eigenvalue weighted by Crippen LogP contribution is 2.40. The second-order valence-electron chi connectivity index (χ2n) is 5.33. The highest BCUT2D eigenvalue weighted by atomic mass is 35.5. The normalized spacial score (nSPS) is 19.4. The fraction of sp³-hybridized carbons (Fsp3) is 0.467. The van der Waals surface area contributed by atoms with Gasteiger partial charge in [-0.15, -0.1) is 0 Å². The zero-order valence-electron chi connectivity index (χ0n) is 12.5. The molecule has 0 unspecified atom stereocenters. The molecule has 0 bridgehead atoms. The Labute approximate surface area is 133 Å². The van der Waals surface area contributed by atoms with Crippen molar-refractivity contribution in [2.75, 3.05) is 33.4 Å². The van der Waals surface area contributed by atoms with E-state index < -0.39 is 5.92 Å². The van der Waals surface area contributed by atoms with E-state index >= 15 is 0 Å². The monoisotopic (exact) mass is 324 g/mol. The van der Waals surface area contributed by atoms with Crippen LogP contribution in [0.2, 0.25) is 5.02 Å². The van der Waals surface area contributed by atoms with Crippen LogP contribution in [-0.4, -0.2) is 55.2 Å². The van der Waals surface area contributed by atoms with Gasteiger partial charge in [-0.05, 0) is 24.6 Å². The molecule has 0 N–H and O–H groups in total. The molecule has 2 fully saturated rings. The SMILES string of the molecule is COc1cc(C)cc(Cl)c1C1C(=O)N2CCOCCN2C1=O. The standard InChI is InChI=1S/C15H17ClN2O4/c1-9-7-10(16)12(11(8-9)21-2)13-14(19)17-3-5-22-6-4-18(17)15(13)20/h7-8,13H,3-6H2,1-2H3. The van der Waals surface area contributed by atoms with E-state index in [1.807, 2.05) is 6.92 Å². The number of fused-ring (bicyclic) bond motifs is 1. The molecule has 118 valence electrons. The van der Waals surface area contributed by atoms with Crippen LogP contribution < -0.4 is 4.74 Å². The molecule has 0 radical (unpaired) electrons. The molecule has 7 heteroatoms. The lowest BCUT2D eigenvalue weighted by Gasteiger charge is -2.23. The van der Waals surface area contributed by atoms with Crippen LogP contribution in [0.4, 0.5) is 0 Å². The minimum Gasteiger partial charge on any atom is -0.496 e. The Hall–Kier alpha value is -1.79. The molecule has 2 amide bonds. The Kier molecular flexibility index (Phi) is 3.97. The Morgan fingerprint density at radius 3 is 2.32 bits per heavy atom. The Morgan fingerprint density at radius 1 is 1.18 bits per heavy atom. The van der Waals surface area contributed by atoms with Crippen molar-refractivity contribution in [2.24, 2.45) is 0 Å². The average Bonchev–Trinajstić information content (AvgIpc) is 2.67. The molecule has 6 nitrogen and oxygen atoms in total. The highest BCUT2D eigenvalue weighted by molar-refractivity contribution is 6.32. The van der Waals surface area contributed by atoms with E-state index in [0.717, 1.165) is 5.56 Å². The number of hydrogen-bond acceptors (Lipinski definition) is 4. The Balaban J connectivity index is 2.06. The summed E-state index contributed by atoms with van der Waals surface area (Å²) in [6, 6.07) is 3.52. The average molecular weight is 325 g/mol. The zero-order valence-corrected chi connectivity index (χ0v) is 13.2. The maximum Gasteiger partial charge on any atom is 0.258 e. The van der Waals surface area contributed by atoms with E-state index in [-0.39, 0.29) is 11.8 Å². The third-order valence-corrected chi connectivity index (χ3v) is 4.25. The number of nitrogens with zero attached hydrogens (tertiary/aromatic N) is 2. The van der Waals surface area contributed by atoms with Gasteiger partial charge in [0.1, 0.15) is 5.75 Å². The topological polar surface area (TPSA) is 59.1 Å². The Bertz CT molecular complexity index is 610. The number of ether oxygens (including phenoxy) is 2. The maximum absolute atomic E-state index is 12.7. The molecule has 0 saturated carbocycles. The number of amides is 2. The number of hydrazine groups is 1. The molecule has 0 aliphatic carbocycles. The number of carbonyl (C=O) groups is 2. The quantitative estimate of drug-likeness (QED) is 0.771. The highest BCUT2D eigenvalue weighted by Gasteiger charge is 2.48. The van der Waals surface area contributed by atoms with E-state index in [4.69, 9.17) is 21.1 Å². The van der Waals surface area contributed by atoms with Gasteiger partial charge < -0.3 is 9.47 Å². The number of rotatable bonds is 2. The van der Waals surface area contributed by atoms with Gasteiger partial charge in [0.2, 0.25) is 0 Å². The van der Waals surface area contributed by atoms with Crippen LogP contribution in [0.5, 0.6) is 5.75 Å². The summed E-state index contributed by atoms with van der Waals surface area (Å²) in [5.74, 6) is -1.04. The first-order valence-corrected chi connectivity index (χ1v) is 7.47. The molecule has 3 rings (SSSR count). The fourth-order valence-electron chi connectivity index (χ4n) is 2.93. The molecule has 0 aromatic heterocycles. The van der Waals surface area contributed by atoms with Gasteiger partial charge in [0.15, 0.2) is 5.92 Å². The molecule has 0 spiro atoms. The molecule has 2 saturated heterocycles. The van der Waals surface area contributed by atoms with Crippen LogP contribution in [0.1, 0.15) is 17.0 Å². The third kappa shape index (κ3) is 2.32. The predicted molar refractivity (Wildman–Crippen MR) is 79.7 cm³/mol. The third-order valence-electron chi connectivity index (χ3n) is 3.93. The first-order chi connectivity index (χ1) is 10.5. The summed E-state index contributed by atoms with van der Waals surface area (Å²) in [5, 5.41) is 3.28. The van der Waals surface area contributed by atoms with Crippen molar-refractivity contribution < 1.29 is 19.1 Å². The number of carbonyl (C=O) groups excluding carboxylic acids is 2. The van der Waals surface area contributed by atoms with Gasteiger partial charge in [0.25, 0.3) is 11.8 Å². The van der Waals surface area contributed by atoms with Crippen LogP contribution in [0.15, 0.2) is 12.1 Å². The van der Waals surface area contributed by atoms with Crippen molar-refractivity contribution in [3.05, 3.63) is 28.3 Å². The summed E-state index contributed by atoms with van der Waals surface area (Å²) >= 11 is 6.31. The van der Waals surface area contributed by atoms with Crippen LogP contribution in [0.3, 0.4) is 0 Å². The van der Waals surface area contributed by atoms with Gasteiger partial charge in [-0.3, -0.25) is 9.59 Å². The molecular weight excluding hydrogens is 308 g/mol. The van der Waals surface area contributed by atoms with Crippen molar-refractivity contribution in [3.63, 3.8) is 0 Å². The van der Waals surface area contributed by atoms with Gasteiger partial charge in [-0.2, -0.15) is 0 Å². The first kappa shape index (κ1) is 15.1. The summed E-state index contributed by atoms with van der Waals surface area (Å²) in [7, 11) is 1.50. The first-order valence-electron chi connectivity index (χ1n) is 7.09. The number of aryl methyl sites for hydroxylation is 1. The lowest BCUT2D eigenvalue weighted by Crippen LogP contribution is -2.41. The molecular formula is C15H17ClN2O4. The van der Waals surface area contributed by atoms with E-state index in [1.165, 1.54) is 17.1 Å². The van der Waals surface area contributed by atoms with Crippen LogP contribution >= 0.6 is 11.6 Å². The Morgan fingerprint density at radius 2 is 1.77 bits per heavy atom. The van der Waals surface area contributed by atoms with Gasteiger partial charge in [-0.25, -0.2) is 10.0 Å². The summed E-state index contributed by atoms with van der Waals surface area (Å²) in [5.41, 5.74) is 1.35. The minimum absolute atomic E-state index is 0.278. The van der Waals surface area contributed by atoms with Gasteiger partial charge >= 0.3 is 0 Å². The van der Waals surface area contributed by atoms with Crippen LogP contribution in [0.25, 0.3) is 0 Å². The molecule has 2 aliphatic heterocycles. The number of benzene rings is 1. The predicted octanol–water partition coefficient (Wildman–Crippen LogP) is 1.36. The summed E-state index contributed by atoms with van der Waals surface area (Å²) in [6.45, 7) is 3.45. The van der Waals surface area contributed by atoms with E-state index in [9.17, 15) is 9.59 Å². The minimum atomic E-state index is -0.943. The molecule has 1 aromatic carbocycles. The van der Waals surface area contributed by atoms with Crippen molar-refractivity contribution in [2.45, 2.75) is 12.8 Å². The smallest absolute Gasteiger partial charge is 0.258 e. The van der Waals surface area contributed by atoms with E-state index in [1.54, 1.807) is 12.1 Å². The largest absolute Gasteiger partial charge is 0.496 e. The van der Waals surface area contributed by atoms with E-state index in [2.05, 4.69) is 0 Å². The number of methoxy groups -OCH3 is 1. The summed E-state index contributed by atoms with van der Waals surface area (Å²) < 4.78 is 10.7. The van der Waals surface area contributed by atoms with Crippen molar-refractivity contribution in [1.29, 1.82) is 0 Å². The van der Waals surface area contributed by atoms with Gasteiger partial charge in [-0.1, -0.05) is 11.6 Å². The molecule has 2 heterocycles. The summed E-state index contributed by atoms with van der Waals surface area (Å²) in [6.07, 6.45) is 0. The number of halogens is 1. The lowest BCUT2D eigenvalue weighted by atomic mass is 9.96. The second kappa shape index (κ2) is 5.78. The van der Waals surface area contributed by atoms with Crippen molar-refractivity contribution >= 4 is 23.4 Å². The molecule has 22 heavy (non-hydrogen) atoms. The fourth-order valence-corrected chi connectivity index (χ4v) is 3.30. The van der Waals surface area contributed by atoms with Crippen molar-refractivity contribution in [3.8, 4) is 5.75 Å². The molecule has 0 atom stereocenters. The van der Waals surface area contributed by atoms with E-state index in [0.29, 0.717) is 42.6 Å². The van der Waals surface area contributed by atoms with Crippen LogP contribution in [-0.2, 0) is 14.3 Å². The van der Waals surface area contributed by atoms with Crippen LogP contribution in [0, 0.1) is 6.92 Å².